The molecule has 0 bridgehead atoms. The zero-order valence-electron chi connectivity index (χ0n) is 12.3. The van der Waals surface area contributed by atoms with Gasteiger partial charge in [0.25, 0.3) is 0 Å². The van der Waals surface area contributed by atoms with E-state index in [4.69, 9.17) is 4.74 Å². The number of benzene rings is 1. The van der Waals surface area contributed by atoms with Crippen LogP contribution in [0, 0.1) is 6.92 Å². The van der Waals surface area contributed by atoms with Crippen LogP contribution in [0.25, 0.3) is 0 Å². The molecule has 0 aromatic heterocycles. The van der Waals surface area contributed by atoms with E-state index in [-0.39, 0.29) is 23.3 Å². The zero-order chi connectivity index (χ0) is 14.5. The fourth-order valence-corrected chi connectivity index (χ4v) is 3.11. The van der Waals surface area contributed by atoms with Crippen LogP contribution in [0.15, 0.2) is 23.1 Å². The molecule has 0 spiro atoms. The molecule has 1 aromatic carbocycles. The lowest BCUT2D eigenvalue weighted by molar-refractivity contribution is 0.402. The van der Waals surface area contributed by atoms with Gasteiger partial charge in [-0.1, -0.05) is 13.0 Å². The van der Waals surface area contributed by atoms with Crippen LogP contribution >= 0.6 is 12.4 Å². The van der Waals surface area contributed by atoms with E-state index in [0.717, 1.165) is 12.1 Å². The van der Waals surface area contributed by atoms with Gasteiger partial charge in [-0.2, -0.15) is 0 Å². The molecular formula is C13H23ClN2O3S. The number of rotatable bonds is 7. The van der Waals surface area contributed by atoms with Gasteiger partial charge in [-0.15, -0.1) is 12.4 Å². The topological polar surface area (TPSA) is 67.4 Å². The summed E-state index contributed by atoms with van der Waals surface area (Å²) in [6.07, 6.45) is 0. The number of hydrogen-bond acceptors (Lipinski definition) is 4. The Morgan fingerprint density at radius 2 is 2.00 bits per heavy atom. The maximum absolute atomic E-state index is 12.3. The monoisotopic (exact) mass is 322 g/mol. The van der Waals surface area contributed by atoms with Crippen molar-refractivity contribution < 1.29 is 13.2 Å². The number of sulfonamides is 1. The lowest BCUT2D eigenvalue weighted by atomic mass is 10.2. The van der Waals surface area contributed by atoms with Crippen LogP contribution in [-0.4, -0.2) is 34.7 Å². The van der Waals surface area contributed by atoms with Crippen LogP contribution in [0.3, 0.4) is 0 Å². The van der Waals surface area contributed by atoms with Crippen molar-refractivity contribution in [2.75, 3.05) is 20.2 Å². The molecule has 1 aromatic rings. The van der Waals surface area contributed by atoms with Crippen molar-refractivity contribution in [1.82, 2.24) is 10.0 Å². The summed E-state index contributed by atoms with van der Waals surface area (Å²) in [4.78, 5) is 0.179. The molecule has 1 rings (SSSR count). The minimum absolute atomic E-state index is 0. The highest BCUT2D eigenvalue weighted by Crippen LogP contribution is 2.24. The van der Waals surface area contributed by atoms with Crippen molar-refractivity contribution in [3.63, 3.8) is 0 Å². The molecule has 2 N–H and O–H groups in total. The van der Waals surface area contributed by atoms with Crippen molar-refractivity contribution in [2.45, 2.75) is 31.7 Å². The molecule has 0 aliphatic heterocycles. The van der Waals surface area contributed by atoms with E-state index < -0.39 is 10.0 Å². The van der Waals surface area contributed by atoms with Crippen molar-refractivity contribution >= 4 is 22.4 Å². The van der Waals surface area contributed by atoms with Crippen LogP contribution in [0.4, 0.5) is 0 Å². The first kappa shape index (κ1) is 19.2. The number of halogens is 1. The van der Waals surface area contributed by atoms with Gasteiger partial charge in [0.2, 0.25) is 10.0 Å². The highest BCUT2D eigenvalue weighted by molar-refractivity contribution is 7.89. The first-order chi connectivity index (χ1) is 8.90. The lowest BCUT2D eigenvalue weighted by Crippen LogP contribution is -2.38. The van der Waals surface area contributed by atoms with Gasteiger partial charge in [0, 0.05) is 12.6 Å². The maximum atomic E-state index is 12.3. The van der Waals surface area contributed by atoms with Gasteiger partial charge < -0.3 is 10.1 Å². The van der Waals surface area contributed by atoms with E-state index in [9.17, 15) is 8.42 Å². The molecular weight excluding hydrogens is 300 g/mol. The third kappa shape index (κ3) is 5.28. The van der Waals surface area contributed by atoms with Gasteiger partial charge >= 0.3 is 0 Å². The molecule has 0 saturated carbocycles. The molecule has 116 valence electrons. The average molecular weight is 323 g/mol. The summed E-state index contributed by atoms with van der Waals surface area (Å²) >= 11 is 0. The molecule has 5 nitrogen and oxygen atoms in total. The van der Waals surface area contributed by atoms with Crippen LogP contribution in [0.2, 0.25) is 0 Å². The van der Waals surface area contributed by atoms with Crippen molar-refractivity contribution in [1.29, 1.82) is 0 Å². The molecule has 20 heavy (non-hydrogen) atoms. The normalized spacial score (nSPS) is 12.6. The number of hydrogen-bond donors (Lipinski definition) is 2. The molecule has 7 heteroatoms. The molecule has 1 atom stereocenters. The van der Waals surface area contributed by atoms with E-state index in [1.807, 2.05) is 26.8 Å². The fraction of sp³-hybridized carbons (Fsp3) is 0.538. The summed E-state index contributed by atoms with van der Waals surface area (Å²) in [7, 11) is -2.09. The van der Waals surface area contributed by atoms with Crippen LogP contribution in [0.1, 0.15) is 19.4 Å². The van der Waals surface area contributed by atoms with E-state index in [2.05, 4.69) is 10.0 Å². The highest BCUT2D eigenvalue weighted by Gasteiger charge is 2.19. The number of ether oxygens (including phenoxy) is 1. The second-order valence-electron chi connectivity index (χ2n) is 4.46. The Kier molecular flexibility index (Phi) is 8.12. The third-order valence-corrected chi connectivity index (χ3v) is 4.19. The second kappa shape index (κ2) is 8.46. The first-order valence-electron chi connectivity index (χ1n) is 6.28. The fourth-order valence-electron chi connectivity index (χ4n) is 1.73. The van der Waals surface area contributed by atoms with E-state index in [1.54, 1.807) is 12.1 Å². The van der Waals surface area contributed by atoms with Gasteiger partial charge in [0.15, 0.2) is 0 Å². The van der Waals surface area contributed by atoms with E-state index in [1.165, 1.54) is 7.11 Å². The van der Waals surface area contributed by atoms with Crippen LogP contribution in [0.5, 0.6) is 5.75 Å². The van der Waals surface area contributed by atoms with Crippen molar-refractivity contribution in [3.05, 3.63) is 23.8 Å². The predicted molar refractivity (Wildman–Crippen MR) is 83.3 cm³/mol. The number of nitrogens with one attached hydrogen (secondary N) is 2. The van der Waals surface area contributed by atoms with Gasteiger partial charge in [0.05, 0.1) is 7.11 Å². The predicted octanol–water partition coefficient (Wildman–Crippen LogP) is 1.70. The van der Waals surface area contributed by atoms with Crippen LogP contribution < -0.4 is 14.8 Å². The standard InChI is InChI=1S/C13H22N2O3S.ClH/c1-5-14-11(3)9-15-19(16,17)13-8-10(2)6-7-12(13)18-4;/h6-8,11,14-15H,5,9H2,1-4H3;1H/t11-;/m1./s1. The highest BCUT2D eigenvalue weighted by atomic mass is 35.5. The summed E-state index contributed by atoms with van der Waals surface area (Å²) in [6.45, 7) is 6.90. The van der Waals surface area contributed by atoms with Gasteiger partial charge in [-0.25, -0.2) is 13.1 Å². The first-order valence-corrected chi connectivity index (χ1v) is 7.76. The van der Waals surface area contributed by atoms with Gasteiger partial charge in [-0.3, -0.25) is 0 Å². The Morgan fingerprint density at radius 1 is 1.35 bits per heavy atom. The summed E-state index contributed by atoms with van der Waals surface area (Å²) in [5.74, 6) is 0.356. The average Bonchev–Trinajstić information content (AvgIpc) is 2.37. The third-order valence-electron chi connectivity index (χ3n) is 2.74. The van der Waals surface area contributed by atoms with Gasteiger partial charge in [0.1, 0.15) is 10.6 Å². The lowest BCUT2D eigenvalue weighted by Gasteiger charge is -2.15. The smallest absolute Gasteiger partial charge is 0.244 e. The van der Waals surface area contributed by atoms with Crippen LogP contribution in [-0.2, 0) is 10.0 Å². The summed E-state index contributed by atoms with van der Waals surface area (Å²) in [5.41, 5.74) is 0.876. The molecule has 0 aliphatic carbocycles. The Bertz CT molecular complexity index is 520. The van der Waals surface area contributed by atoms with E-state index in [0.29, 0.717) is 12.3 Å². The molecule has 0 radical (unpaired) electrons. The number of methoxy groups -OCH3 is 1. The number of aryl methyl sites for hydroxylation is 1. The van der Waals surface area contributed by atoms with Gasteiger partial charge in [-0.05, 0) is 38.1 Å². The minimum Gasteiger partial charge on any atom is -0.495 e. The Balaban J connectivity index is 0.00000361. The number of likely N-dealkylation sites (N-methyl/N-ethyl adjacent to an activating group) is 1. The Morgan fingerprint density at radius 3 is 2.55 bits per heavy atom. The second-order valence-corrected chi connectivity index (χ2v) is 6.20. The maximum Gasteiger partial charge on any atom is 0.244 e. The van der Waals surface area contributed by atoms with E-state index >= 15 is 0 Å². The summed E-state index contributed by atoms with van der Waals surface area (Å²) < 4.78 is 32.2. The van der Waals surface area contributed by atoms with Crippen molar-refractivity contribution in [3.8, 4) is 5.75 Å². The summed E-state index contributed by atoms with van der Waals surface area (Å²) in [5, 5.41) is 3.15. The molecule has 0 heterocycles. The summed E-state index contributed by atoms with van der Waals surface area (Å²) in [6, 6.07) is 5.17. The van der Waals surface area contributed by atoms with Crippen molar-refractivity contribution in [2.24, 2.45) is 0 Å². The zero-order valence-corrected chi connectivity index (χ0v) is 13.9. The SMILES string of the molecule is CCN[C@H](C)CNS(=O)(=O)c1cc(C)ccc1OC.Cl. The molecule has 0 saturated heterocycles. The molecule has 0 unspecified atom stereocenters. The Hall–Kier alpha value is -0.820. The molecule has 0 amide bonds. The molecule has 0 fully saturated rings. The minimum atomic E-state index is -3.55. The largest absolute Gasteiger partial charge is 0.495 e. The Labute approximate surface area is 127 Å². The quantitative estimate of drug-likeness (QED) is 0.802. The molecule has 0 aliphatic rings.